The van der Waals surface area contributed by atoms with Crippen LogP contribution in [0.2, 0.25) is 0 Å². The van der Waals surface area contributed by atoms with Crippen LogP contribution < -0.4 is 53.8 Å². The molecule has 20 heteroatoms. The molecule has 1 aromatic carbocycles. The van der Waals surface area contributed by atoms with Gasteiger partial charge in [0.25, 0.3) is 23.6 Å². The van der Waals surface area contributed by atoms with E-state index in [4.69, 9.17) is 26.7 Å². The van der Waals surface area contributed by atoms with Gasteiger partial charge in [0.2, 0.25) is 17.7 Å². The highest BCUT2D eigenvalue weighted by Gasteiger charge is 2.22. The van der Waals surface area contributed by atoms with E-state index in [0.29, 0.717) is 64.6 Å². The van der Waals surface area contributed by atoms with E-state index in [1.54, 1.807) is 20.8 Å². The number of alkyl carbamates (subject to hydrolysis) is 1. The van der Waals surface area contributed by atoms with Gasteiger partial charge in [-0.25, -0.2) is 4.79 Å². The van der Waals surface area contributed by atoms with Gasteiger partial charge >= 0.3 is 6.09 Å². The fraction of sp³-hybridized carbons (Fsp3) is 0.610. The van der Waals surface area contributed by atoms with Gasteiger partial charge in [0, 0.05) is 69.0 Å². The molecule has 0 saturated heterocycles. The molecule has 1 aliphatic rings. The molecule has 1 aromatic rings. The van der Waals surface area contributed by atoms with Crippen molar-refractivity contribution in [1.82, 2.24) is 36.8 Å². The normalized spacial score (nSPS) is 13.2. The molecule has 0 bridgehead atoms. The van der Waals surface area contributed by atoms with E-state index < -0.39 is 41.5 Å². The lowest BCUT2D eigenvalue weighted by molar-refractivity contribution is -0.137. The molecule has 2 atom stereocenters. The van der Waals surface area contributed by atoms with Gasteiger partial charge in [-0.3, -0.25) is 38.5 Å². The molecule has 0 aromatic heterocycles. The van der Waals surface area contributed by atoms with Gasteiger partial charge in [0.05, 0.1) is 18.6 Å². The van der Waals surface area contributed by atoms with Gasteiger partial charge in [-0.2, -0.15) is 0 Å². The van der Waals surface area contributed by atoms with Crippen molar-refractivity contribution in [2.45, 2.75) is 103 Å². The molecular formula is C41H66N10O10. The maximum atomic E-state index is 13.2. The van der Waals surface area contributed by atoms with Crippen LogP contribution in [0.25, 0.3) is 0 Å². The third kappa shape index (κ3) is 22.0. The zero-order chi connectivity index (χ0) is 45.2. The lowest BCUT2D eigenvalue weighted by Crippen LogP contribution is -2.43. The second kappa shape index (κ2) is 28.0. The number of carbonyl (C=O) groups is 8. The predicted octanol–water partition coefficient (Wildman–Crippen LogP) is -0.162. The van der Waals surface area contributed by atoms with Crippen molar-refractivity contribution in [2.75, 3.05) is 59.0 Å². The topological polar surface area (TPSA) is 308 Å². The van der Waals surface area contributed by atoms with Crippen molar-refractivity contribution in [3.63, 3.8) is 0 Å². The van der Waals surface area contributed by atoms with Crippen LogP contribution in [0.5, 0.6) is 5.75 Å². The third-order valence-electron chi connectivity index (χ3n) is 8.98. The second-order valence-electron chi connectivity index (χ2n) is 15.4. The lowest BCUT2D eigenvalue weighted by Gasteiger charge is -2.19. The molecule has 1 heterocycles. The van der Waals surface area contributed by atoms with Crippen molar-refractivity contribution in [2.24, 2.45) is 17.2 Å². The minimum atomic E-state index is -0.785. The van der Waals surface area contributed by atoms with Gasteiger partial charge < -0.3 is 58.6 Å². The zero-order valence-electron chi connectivity index (χ0n) is 35.7. The number of nitrogens with one attached hydrogen (secondary N) is 6. The van der Waals surface area contributed by atoms with Crippen molar-refractivity contribution in [1.29, 1.82) is 0 Å². The molecule has 0 radical (unpaired) electrons. The first kappa shape index (κ1) is 51.5. The Hall–Kier alpha value is -5.60. The standard InChI is InChI=1S/C41H66N10O10/c1-41(2,3)61-40(59)50-17-9-7-12-32(44)39(58)49-21-19-47-37(56)29-25-28(36(55)46-18-20-48-38(57)31(43)11-6-8-16-42)26-30(27-29)60-24-22-45-33(52)13-5-4-10-23-51-34(53)14-15-35(51)54/h14-15,25-27,31-32H,4-13,16-24,42-44H2,1-3H3,(H,45,52)(H,46,55)(H,47,56)(H,48,57)(H,49,58)(H,50,59)/t31-,32?/m0/s1. The number of hydrogen-bond donors (Lipinski definition) is 9. The van der Waals surface area contributed by atoms with E-state index >= 15 is 0 Å². The van der Waals surface area contributed by atoms with E-state index in [0.717, 1.165) is 17.7 Å². The quantitative estimate of drug-likeness (QED) is 0.0374. The minimum absolute atomic E-state index is 0.0220. The van der Waals surface area contributed by atoms with E-state index in [9.17, 15) is 38.4 Å². The van der Waals surface area contributed by atoms with Crippen LogP contribution in [-0.2, 0) is 28.7 Å². The number of imide groups is 1. The molecule has 8 amide bonds. The summed E-state index contributed by atoms with van der Waals surface area (Å²) in [6.45, 7) is 6.99. The number of carbonyl (C=O) groups excluding carboxylic acids is 8. The Kier molecular flexibility index (Phi) is 23.7. The highest BCUT2D eigenvalue weighted by molar-refractivity contribution is 6.12. The molecule has 0 saturated carbocycles. The first-order valence-corrected chi connectivity index (χ1v) is 20.9. The zero-order valence-corrected chi connectivity index (χ0v) is 35.7. The highest BCUT2D eigenvalue weighted by Crippen LogP contribution is 2.18. The molecule has 0 spiro atoms. The largest absolute Gasteiger partial charge is 0.492 e. The minimum Gasteiger partial charge on any atom is -0.492 e. The molecule has 0 aliphatic carbocycles. The number of nitrogens with two attached hydrogens (primary N) is 3. The Morgan fingerprint density at radius 1 is 0.639 bits per heavy atom. The lowest BCUT2D eigenvalue weighted by atomic mass is 10.1. The summed E-state index contributed by atoms with van der Waals surface area (Å²) < 4.78 is 11.0. The number of nitrogens with zero attached hydrogens (tertiary/aromatic N) is 1. The molecule has 20 nitrogen and oxygen atoms in total. The third-order valence-corrected chi connectivity index (χ3v) is 8.98. The molecular weight excluding hydrogens is 793 g/mol. The molecule has 2 rings (SSSR count). The summed E-state index contributed by atoms with van der Waals surface area (Å²) in [6.07, 6.45) is 7.52. The monoisotopic (exact) mass is 858 g/mol. The SMILES string of the molecule is CC(C)(C)OC(=O)NCCCCC(N)C(=O)NCCNC(=O)c1cc(OCCNC(=O)CCCCCN2C(=O)C=CC2=O)cc(C(=O)NCCNC(=O)[C@@H](N)CCCCN)c1. The van der Waals surface area contributed by atoms with Gasteiger partial charge in [0.15, 0.2) is 0 Å². The Bertz CT molecular complexity index is 1650. The summed E-state index contributed by atoms with van der Waals surface area (Å²) in [7, 11) is 0. The molecule has 61 heavy (non-hydrogen) atoms. The summed E-state index contributed by atoms with van der Waals surface area (Å²) in [4.78, 5) is 99.8. The van der Waals surface area contributed by atoms with Crippen LogP contribution in [0.4, 0.5) is 4.79 Å². The van der Waals surface area contributed by atoms with Crippen LogP contribution in [0.3, 0.4) is 0 Å². The summed E-state index contributed by atoms with van der Waals surface area (Å²) in [5, 5.41) is 16.2. The molecule has 340 valence electrons. The van der Waals surface area contributed by atoms with E-state index in [1.165, 1.54) is 30.4 Å². The van der Waals surface area contributed by atoms with Crippen molar-refractivity contribution >= 4 is 47.4 Å². The molecule has 0 fully saturated rings. The molecule has 12 N–H and O–H groups in total. The Morgan fingerprint density at radius 2 is 1.18 bits per heavy atom. The van der Waals surface area contributed by atoms with Gasteiger partial charge in [0.1, 0.15) is 18.0 Å². The van der Waals surface area contributed by atoms with Gasteiger partial charge in [-0.05, 0) is 90.5 Å². The number of rotatable bonds is 29. The second-order valence-corrected chi connectivity index (χ2v) is 15.4. The van der Waals surface area contributed by atoms with E-state index in [2.05, 4.69) is 31.9 Å². The molecule has 1 aliphatic heterocycles. The van der Waals surface area contributed by atoms with E-state index in [-0.39, 0.29) is 86.3 Å². The average molecular weight is 859 g/mol. The Balaban J connectivity index is 1.87. The van der Waals surface area contributed by atoms with Crippen LogP contribution in [0, 0.1) is 0 Å². The predicted molar refractivity (Wildman–Crippen MR) is 227 cm³/mol. The van der Waals surface area contributed by atoms with Crippen molar-refractivity contribution in [3.05, 3.63) is 41.5 Å². The number of amides is 8. The molecule has 1 unspecified atom stereocenters. The van der Waals surface area contributed by atoms with Crippen molar-refractivity contribution < 1.29 is 47.8 Å². The number of ether oxygens (including phenoxy) is 2. The summed E-state index contributed by atoms with van der Waals surface area (Å²) in [6, 6.07) is 2.79. The highest BCUT2D eigenvalue weighted by atomic mass is 16.6. The smallest absolute Gasteiger partial charge is 0.407 e. The van der Waals surface area contributed by atoms with Crippen LogP contribution >= 0.6 is 0 Å². The first-order chi connectivity index (χ1) is 29.0. The fourth-order valence-corrected chi connectivity index (χ4v) is 5.73. The summed E-state index contributed by atoms with van der Waals surface area (Å²) in [5.41, 5.74) is 17.0. The van der Waals surface area contributed by atoms with Gasteiger partial charge in [-0.1, -0.05) is 12.8 Å². The Morgan fingerprint density at radius 3 is 1.72 bits per heavy atom. The van der Waals surface area contributed by atoms with Crippen LogP contribution in [0.15, 0.2) is 30.4 Å². The van der Waals surface area contributed by atoms with Crippen molar-refractivity contribution in [3.8, 4) is 5.75 Å². The number of unbranched alkanes of at least 4 members (excludes halogenated alkanes) is 4. The van der Waals surface area contributed by atoms with Crippen LogP contribution in [-0.4, -0.2) is 129 Å². The number of hydrogen-bond acceptors (Lipinski definition) is 13. The van der Waals surface area contributed by atoms with Crippen LogP contribution in [0.1, 0.15) is 106 Å². The first-order valence-electron chi connectivity index (χ1n) is 20.9. The summed E-state index contributed by atoms with van der Waals surface area (Å²) >= 11 is 0. The maximum absolute atomic E-state index is 13.2. The fourth-order valence-electron chi connectivity index (χ4n) is 5.73. The van der Waals surface area contributed by atoms with Gasteiger partial charge in [-0.15, -0.1) is 0 Å². The number of benzene rings is 1. The maximum Gasteiger partial charge on any atom is 0.407 e. The average Bonchev–Trinajstić information content (AvgIpc) is 3.53. The Labute approximate surface area is 357 Å². The van der Waals surface area contributed by atoms with E-state index in [1.807, 2.05) is 0 Å². The summed E-state index contributed by atoms with van der Waals surface area (Å²) in [5.74, 6) is -2.53.